The van der Waals surface area contributed by atoms with Gasteiger partial charge in [-0.2, -0.15) is 0 Å². The topological polar surface area (TPSA) is 62.7 Å². The van der Waals surface area contributed by atoms with E-state index in [0.29, 0.717) is 42.9 Å². The number of rotatable bonds is 4. The van der Waals surface area contributed by atoms with Crippen LogP contribution in [-0.4, -0.2) is 41.1 Å². The third-order valence-corrected chi connectivity index (χ3v) is 4.68. The number of ether oxygens (including phenoxy) is 1. The highest BCUT2D eigenvalue weighted by molar-refractivity contribution is 5.96. The molecule has 132 valence electrons. The SMILES string of the molecule is COc1ncccc1C(=O)N1CCC(C(O)c2ccc(F)cc2)CC1. The van der Waals surface area contributed by atoms with Crippen LogP contribution in [0.25, 0.3) is 0 Å². The van der Waals surface area contributed by atoms with Gasteiger partial charge in [-0.05, 0) is 48.6 Å². The Kier molecular flexibility index (Phi) is 5.28. The van der Waals surface area contributed by atoms with Gasteiger partial charge in [0, 0.05) is 19.3 Å². The van der Waals surface area contributed by atoms with Gasteiger partial charge in [-0.25, -0.2) is 9.37 Å². The lowest BCUT2D eigenvalue weighted by atomic mass is 9.87. The second-order valence-electron chi connectivity index (χ2n) is 6.19. The largest absolute Gasteiger partial charge is 0.480 e. The number of piperidine rings is 1. The minimum atomic E-state index is -0.647. The van der Waals surface area contributed by atoms with E-state index in [9.17, 15) is 14.3 Å². The lowest BCUT2D eigenvalue weighted by Crippen LogP contribution is -2.40. The number of nitrogens with zero attached hydrogens (tertiary/aromatic N) is 2. The summed E-state index contributed by atoms with van der Waals surface area (Å²) >= 11 is 0. The number of amides is 1. The first-order valence-electron chi connectivity index (χ1n) is 8.32. The fraction of sp³-hybridized carbons (Fsp3) is 0.368. The second-order valence-corrected chi connectivity index (χ2v) is 6.19. The Morgan fingerprint density at radius 3 is 2.60 bits per heavy atom. The number of halogens is 1. The molecule has 5 nitrogen and oxygen atoms in total. The molecule has 1 atom stereocenters. The molecular formula is C19H21FN2O3. The van der Waals surface area contributed by atoms with Crippen molar-refractivity contribution < 1.29 is 19.0 Å². The summed E-state index contributed by atoms with van der Waals surface area (Å²) in [5, 5.41) is 10.5. The number of hydrogen-bond donors (Lipinski definition) is 1. The Bertz CT molecular complexity index is 728. The Labute approximate surface area is 146 Å². The lowest BCUT2D eigenvalue weighted by Gasteiger charge is -2.34. The van der Waals surface area contributed by atoms with Crippen molar-refractivity contribution in [1.29, 1.82) is 0 Å². The molecule has 1 fully saturated rings. The van der Waals surface area contributed by atoms with E-state index in [4.69, 9.17) is 4.74 Å². The number of likely N-dealkylation sites (tertiary alicyclic amines) is 1. The number of benzene rings is 1. The molecule has 1 aliphatic heterocycles. The van der Waals surface area contributed by atoms with Crippen molar-refractivity contribution in [3.05, 3.63) is 59.5 Å². The molecule has 25 heavy (non-hydrogen) atoms. The number of hydrogen-bond acceptors (Lipinski definition) is 4. The standard InChI is InChI=1S/C19H21FN2O3/c1-25-18-16(3-2-10-21-18)19(24)22-11-8-14(9-12-22)17(23)13-4-6-15(20)7-5-13/h2-7,10,14,17,23H,8-9,11-12H2,1H3. The Morgan fingerprint density at radius 1 is 1.28 bits per heavy atom. The van der Waals surface area contributed by atoms with Crippen LogP contribution in [0.4, 0.5) is 4.39 Å². The van der Waals surface area contributed by atoms with Gasteiger partial charge in [0.05, 0.1) is 13.2 Å². The van der Waals surface area contributed by atoms with E-state index in [1.54, 1.807) is 35.4 Å². The molecule has 0 aliphatic carbocycles. The van der Waals surface area contributed by atoms with E-state index in [0.717, 1.165) is 0 Å². The van der Waals surface area contributed by atoms with Gasteiger partial charge in [0.2, 0.25) is 5.88 Å². The Morgan fingerprint density at radius 2 is 1.96 bits per heavy atom. The molecule has 0 radical (unpaired) electrons. The zero-order valence-electron chi connectivity index (χ0n) is 14.1. The molecule has 0 saturated carbocycles. The monoisotopic (exact) mass is 344 g/mol. The van der Waals surface area contributed by atoms with Crippen molar-refractivity contribution in [2.75, 3.05) is 20.2 Å². The smallest absolute Gasteiger partial charge is 0.259 e. The van der Waals surface area contributed by atoms with Crippen LogP contribution in [0.3, 0.4) is 0 Å². The Hall–Kier alpha value is -2.47. The summed E-state index contributed by atoms with van der Waals surface area (Å²) in [6.07, 6.45) is 2.31. The van der Waals surface area contributed by atoms with Gasteiger partial charge in [0.25, 0.3) is 5.91 Å². The van der Waals surface area contributed by atoms with Crippen LogP contribution >= 0.6 is 0 Å². The molecule has 2 heterocycles. The predicted octanol–water partition coefficient (Wildman–Crippen LogP) is 2.82. The summed E-state index contributed by atoms with van der Waals surface area (Å²) in [5.74, 6) is -0.0623. The molecule has 1 aromatic carbocycles. The average Bonchev–Trinajstić information content (AvgIpc) is 2.67. The van der Waals surface area contributed by atoms with Crippen LogP contribution < -0.4 is 4.74 Å². The van der Waals surface area contributed by atoms with Crippen molar-refractivity contribution in [1.82, 2.24) is 9.88 Å². The summed E-state index contributed by atoms with van der Waals surface area (Å²) in [7, 11) is 1.49. The third-order valence-electron chi connectivity index (χ3n) is 4.68. The summed E-state index contributed by atoms with van der Waals surface area (Å²) in [6, 6.07) is 9.34. The molecular weight excluding hydrogens is 323 g/mol. The maximum atomic E-state index is 13.0. The van der Waals surface area contributed by atoms with Crippen LogP contribution in [0.5, 0.6) is 5.88 Å². The zero-order valence-corrected chi connectivity index (χ0v) is 14.1. The van der Waals surface area contributed by atoms with E-state index >= 15 is 0 Å². The number of methoxy groups -OCH3 is 1. The molecule has 1 unspecified atom stereocenters. The van der Waals surface area contributed by atoms with E-state index < -0.39 is 6.10 Å². The van der Waals surface area contributed by atoms with Gasteiger partial charge in [-0.3, -0.25) is 4.79 Å². The summed E-state index contributed by atoms with van der Waals surface area (Å²) < 4.78 is 18.2. The van der Waals surface area contributed by atoms with E-state index in [1.807, 2.05) is 0 Å². The van der Waals surface area contributed by atoms with Gasteiger partial charge >= 0.3 is 0 Å². The lowest BCUT2D eigenvalue weighted by molar-refractivity contribution is 0.0459. The minimum absolute atomic E-state index is 0.0466. The number of pyridine rings is 1. The van der Waals surface area contributed by atoms with Crippen molar-refractivity contribution in [2.24, 2.45) is 5.92 Å². The van der Waals surface area contributed by atoms with Crippen LogP contribution in [-0.2, 0) is 0 Å². The predicted molar refractivity (Wildman–Crippen MR) is 90.8 cm³/mol. The first kappa shape index (κ1) is 17.4. The molecule has 0 spiro atoms. The number of carbonyl (C=O) groups is 1. The van der Waals surface area contributed by atoms with Crippen molar-refractivity contribution in [3.8, 4) is 5.88 Å². The number of carbonyl (C=O) groups excluding carboxylic acids is 1. The van der Waals surface area contributed by atoms with Gasteiger partial charge in [0.1, 0.15) is 11.4 Å². The fourth-order valence-corrected chi connectivity index (χ4v) is 3.24. The van der Waals surface area contributed by atoms with Crippen LogP contribution in [0, 0.1) is 11.7 Å². The molecule has 2 aromatic rings. The molecule has 3 rings (SSSR count). The summed E-state index contributed by atoms with van der Waals surface area (Å²) in [4.78, 5) is 18.5. The highest BCUT2D eigenvalue weighted by Gasteiger charge is 2.29. The van der Waals surface area contributed by atoms with Gasteiger partial charge < -0.3 is 14.7 Å². The minimum Gasteiger partial charge on any atom is -0.480 e. The summed E-state index contributed by atoms with van der Waals surface area (Å²) in [5.41, 5.74) is 1.16. The maximum Gasteiger partial charge on any atom is 0.259 e. The molecule has 0 bridgehead atoms. The molecule has 1 amide bonds. The van der Waals surface area contributed by atoms with Crippen LogP contribution in [0.1, 0.15) is 34.9 Å². The normalized spacial score (nSPS) is 16.5. The summed E-state index contributed by atoms with van der Waals surface area (Å²) in [6.45, 7) is 1.11. The quantitative estimate of drug-likeness (QED) is 0.926. The van der Waals surface area contributed by atoms with Crippen molar-refractivity contribution in [3.63, 3.8) is 0 Å². The molecule has 1 aliphatic rings. The van der Waals surface area contributed by atoms with E-state index in [1.165, 1.54) is 19.2 Å². The molecule has 6 heteroatoms. The van der Waals surface area contributed by atoms with E-state index in [2.05, 4.69) is 4.98 Å². The maximum absolute atomic E-state index is 13.0. The van der Waals surface area contributed by atoms with Crippen LogP contribution in [0.2, 0.25) is 0 Å². The fourth-order valence-electron chi connectivity index (χ4n) is 3.24. The molecule has 1 saturated heterocycles. The van der Waals surface area contributed by atoms with Crippen LogP contribution in [0.15, 0.2) is 42.6 Å². The van der Waals surface area contributed by atoms with Crippen molar-refractivity contribution in [2.45, 2.75) is 18.9 Å². The second kappa shape index (κ2) is 7.61. The Balaban J connectivity index is 1.63. The molecule has 1 aromatic heterocycles. The molecule has 1 N–H and O–H groups in total. The first-order valence-corrected chi connectivity index (χ1v) is 8.32. The van der Waals surface area contributed by atoms with Crippen molar-refractivity contribution >= 4 is 5.91 Å². The van der Waals surface area contributed by atoms with Gasteiger partial charge in [-0.1, -0.05) is 12.1 Å². The number of aliphatic hydroxyl groups excluding tert-OH is 1. The number of aliphatic hydroxyl groups is 1. The zero-order chi connectivity index (χ0) is 17.8. The first-order chi connectivity index (χ1) is 12.1. The van der Waals surface area contributed by atoms with E-state index in [-0.39, 0.29) is 17.6 Å². The third kappa shape index (κ3) is 3.79. The highest BCUT2D eigenvalue weighted by Crippen LogP contribution is 2.31. The number of aromatic nitrogens is 1. The van der Waals surface area contributed by atoms with Gasteiger partial charge in [-0.15, -0.1) is 0 Å². The highest BCUT2D eigenvalue weighted by atomic mass is 19.1. The van der Waals surface area contributed by atoms with Gasteiger partial charge in [0.15, 0.2) is 0 Å². The average molecular weight is 344 g/mol.